The van der Waals surface area contributed by atoms with Gasteiger partial charge in [-0.1, -0.05) is 377 Å². The van der Waals surface area contributed by atoms with Crippen molar-refractivity contribution in [2.45, 2.75) is 155 Å². The molecule has 16 rings (SSSR count). The van der Waals surface area contributed by atoms with Crippen molar-refractivity contribution in [3.63, 3.8) is 0 Å². The molecule has 102 heavy (non-hydrogen) atoms. The zero-order valence-electron chi connectivity index (χ0n) is 59.3. The Kier molecular flexibility index (Phi) is 23.5. The number of rotatable bonds is 26. The number of aryl methyl sites for hydroxylation is 2. The van der Waals surface area contributed by atoms with Gasteiger partial charge in [-0.05, 0) is 226 Å². The molecule has 0 amide bonds. The number of benzene rings is 16. The molecule has 0 aliphatic rings. The van der Waals surface area contributed by atoms with Crippen LogP contribution in [0.1, 0.15) is 153 Å². The van der Waals surface area contributed by atoms with E-state index in [-0.39, 0.29) is 0 Å². The van der Waals surface area contributed by atoms with Gasteiger partial charge < -0.3 is 10.0 Å². The van der Waals surface area contributed by atoms with Crippen LogP contribution in [0.4, 0.5) is 0 Å². The van der Waals surface area contributed by atoms with Crippen LogP contribution in [0.5, 0.6) is 0 Å². The first-order chi connectivity index (χ1) is 50.1. The van der Waals surface area contributed by atoms with Gasteiger partial charge in [0.05, 0.1) is 0 Å². The van der Waals surface area contributed by atoms with Gasteiger partial charge in [0.2, 0.25) is 0 Å². The van der Waals surface area contributed by atoms with E-state index in [9.17, 15) is 0 Å². The molecule has 2 N–H and O–H groups in total. The highest BCUT2D eigenvalue weighted by Gasteiger charge is 2.22. The van der Waals surface area contributed by atoms with Crippen molar-refractivity contribution < 1.29 is 10.0 Å². The molecule has 6 heteroatoms. The van der Waals surface area contributed by atoms with Crippen LogP contribution in [0.15, 0.2) is 256 Å². The second-order valence-corrected chi connectivity index (χ2v) is 31.1. The van der Waals surface area contributed by atoms with Gasteiger partial charge in [-0.3, -0.25) is 0 Å². The lowest BCUT2D eigenvalue weighted by Gasteiger charge is -2.22. The van der Waals surface area contributed by atoms with E-state index in [2.05, 4.69) is 262 Å². The number of unbranched alkanes of at least 4 members (excludes halogenated alkanes) is 18. The van der Waals surface area contributed by atoms with Crippen molar-refractivity contribution >= 4 is 168 Å². The zero-order valence-corrected chi connectivity index (χ0v) is 64.0. The summed E-state index contributed by atoms with van der Waals surface area (Å²) in [4.78, 5) is 0. The van der Waals surface area contributed by atoms with Gasteiger partial charge in [-0.15, -0.1) is 0 Å². The van der Waals surface area contributed by atoms with Gasteiger partial charge in [-0.2, -0.15) is 0 Å². The molecule has 0 aliphatic carbocycles. The van der Waals surface area contributed by atoms with Gasteiger partial charge in [0, 0.05) is 13.4 Å². The summed E-state index contributed by atoms with van der Waals surface area (Å²) in [6, 6.07) is 89.0. The van der Waals surface area contributed by atoms with E-state index >= 15 is 0 Å². The molecule has 0 unspecified atom stereocenters. The monoisotopic (exact) mass is 1520 g/mol. The summed E-state index contributed by atoms with van der Waals surface area (Å²) in [5.74, 6) is 0. The molecule has 0 heterocycles. The maximum absolute atomic E-state index is 8.94. The Morgan fingerprint density at radius 3 is 0.922 bits per heavy atom. The Hall–Kier alpha value is -7.94. The second-order valence-electron chi connectivity index (χ2n) is 28.6. The van der Waals surface area contributed by atoms with Crippen molar-refractivity contribution in [2.75, 3.05) is 0 Å². The molecular weight excluding hydrogens is 1440 g/mol. The number of fused-ring (bicyclic) bond motifs is 4. The summed E-state index contributed by atoms with van der Waals surface area (Å²) in [6.45, 7) is 4.59. The van der Waals surface area contributed by atoms with E-state index in [1.54, 1.807) is 12.1 Å². The first-order valence-electron chi connectivity index (χ1n) is 38.0. The smallest absolute Gasteiger partial charge is 0.423 e. The molecule has 0 bridgehead atoms. The van der Waals surface area contributed by atoms with E-state index < -0.39 is 7.12 Å². The van der Waals surface area contributed by atoms with Crippen molar-refractivity contribution in [1.82, 2.24) is 0 Å². The molecular formula is C96H92BBr3O2. The first kappa shape index (κ1) is 71.1. The average Bonchev–Trinajstić information content (AvgIpc) is 0.720. The predicted octanol–water partition coefficient (Wildman–Crippen LogP) is 29.4. The van der Waals surface area contributed by atoms with Gasteiger partial charge in [-0.25, -0.2) is 0 Å². The fourth-order valence-electron chi connectivity index (χ4n) is 16.2. The Morgan fingerprint density at radius 2 is 0.529 bits per heavy atom. The molecule has 0 atom stereocenters. The van der Waals surface area contributed by atoms with Gasteiger partial charge in [0.25, 0.3) is 0 Å². The van der Waals surface area contributed by atoms with Crippen molar-refractivity contribution in [3.05, 3.63) is 267 Å². The van der Waals surface area contributed by atoms with Crippen LogP contribution in [0.25, 0.3) is 141 Å². The zero-order chi connectivity index (χ0) is 69.9. The maximum atomic E-state index is 8.94. The van der Waals surface area contributed by atoms with Crippen LogP contribution in [0, 0.1) is 0 Å². The molecule has 2 nitrogen and oxygen atoms in total. The number of hydrogen-bond donors (Lipinski definition) is 2. The van der Waals surface area contributed by atoms with E-state index in [0.29, 0.717) is 5.46 Å². The minimum atomic E-state index is -1.38. The highest BCUT2D eigenvalue weighted by atomic mass is 79.9. The summed E-state index contributed by atoms with van der Waals surface area (Å²) in [6.07, 6.45) is 29.6. The third kappa shape index (κ3) is 15.8. The summed E-state index contributed by atoms with van der Waals surface area (Å²) in [7, 11) is -1.38. The van der Waals surface area contributed by atoms with Crippen LogP contribution < -0.4 is 5.46 Å². The van der Waals surface area contributed by atoms with Crippen LogP contribution in [-0.2, 0) is 12.8 Å². The Labute approximate surface area is 628 Å². The molecule has 0 saturated heterocycles. The Bertz CT molecular complexity index is 5440. The number of hydrogen-bond acceptors (Lipinski definition) is 2. The molecule has 0 saturated carbocycles. The lowest BCUT2D eigenvalue weighted by atomic mass is 9.79. The molecule has 0 aromatic heterocycles. The van der Waals surface area contributed by atoms with Crippen LogP contribution in [0.3, 0.4) is 0 Å². The summed E-state index contributed by atoms with van der Waals surface area (Å²) >= 11 is 11.4. The fraction of sp³-hybridized carbons (Fsp3) is 0.250. The SMILES string of the molecule is CCCCCCCCCCCCc1cc(-c2ccc3ccccc3c2)c2ccc3c(-c4ccc5ccccc5c4)cc(-c4ccc5ccccc5c4)c4ccc1c2c43.CCCCCCCCCCCCc1cc(Br)c2ccc3c(Br)cc(Br)c4ccc1c2c34.OB(O)c1ccc2ccccc2c1. The first-order valence-corrected chi connectivity index (χ1v) is 40.3. The van der Waals surface area contributed by atoms with E-state index in [1.165, 1.54) is 274 Å². The second kappa shape index (κ2) is 33.7. The lowest BCUT2D eigenvalue weighted by molar-refractivity contribution is 0.426. The van der Waals surface area contributed by atoms with Gasteiger partial charge in [0.1, 0.15) is 0 Å². The average molecular weight is 1530 g/mol. The van der Waals surface area contributed by atoms with E-state index in [1.807, 2.05) is 30.3 Å². The molecule has 512 valence electrons. The molecule has 16 aromatic rings. The largest absolute Gasteiger partial charge is 0.488 e. The fourth-order valence-corrected chi connectivity index (χ4v) is 18.2. The third-order valence-electron chi connectivity index (χ3n) is 21.7. The molecule has 0 fully saturated rings. The van der Waals surface area contributed by atoms with Crippen LogP contribution >= 0.6 is 47.8 Å². The van der Waals surface area contributed by atoms with Crippen LogP contribution in [-0.4, -0.2) is 17.2 Å². The highest BCUT2D eigenvalue weighted by molar-refractivity contribution is 9.11. The van der Waals surface area contributed by atoms with Crippen molar-refractivity contribution in [2.24, 2.45) is 0 Å². The number of halogens is 3. The predicted molar refractivity (Wildman–Crippen MR) is 457 cm³/mol. The summed E-state index contributed by atoms with van der Waals surface area (Å²) in [5.41, 5.74) is 11.2. The minimum Gasteiger partial charge on any atom is -0.423 e. The van der Waals surface area contributed by atoms with E-state index in [4.69, 9.17) is 10.0 Å². The lowest BCUT2D eigenvalue weighted by Crippen LogP contribution is -2.29. The van der Waals surface area contributed by atoms with Gasteiger partial charge >= 0.3 is 7.12 Å². The molecule has 0 radical (unpaired) electrons. The standard InChI is InChI=1S/C58H52.C28H31Br3.C10H9BO2/c1-2-3-4-5-6-7-8-9-10-11-24-46-38-54(47-28-25-40-18-12-15-21-43(40)35-47)51-33-34-53-56(49-30-27-42-20-14-17-23-45(42)37-49)39-55(52-32-31-50(46)57(51)58(52)53)48-29-26-41-19-13-16-22-44(41)36-48;1-2-3-4-5-6-7-8-9-10-11-12-19-17-24(29)21-15-16-23-26(31)18-25(30)22-14-13-20(19)27(21)28(22)23;12-11(13)10-6-5-8-3-1-2-4-9(8)7-10/h12-23,25-39H,2-11,24H2,1H3;13-18H,2-12H2,1H3;1-7,12-13H. The van der Waals surface area contributed by atoms with E-state index in [0.717, 1.165) is 32.6 Å². The normalized spacial score (nSPS) is 11.8. The van der Waals surface area contributed by atoms with Crippen LogP contribution in [0.2, 0.25) is 0 Å². The topological polar surface area (TPSA) is 40.5 Å². The minimum absolute atomic E-state index is 0.527. The quantitative estimate of drug-likeness (QED) is 0.0322. The van der Waals surface area contributed by atoms with Crippen molar-refractivity contribution in [3.8, 4) is 33.4 Å². The third-order valence-corrected chi connectivity index (χ3v) is 23.6. The van der Waals surface area contributed by atoms with Gasteiger partial charge in [0.15, 0.2) is 0 Å². The Balaban J connectivity index is 0.000000166. The molecule has 0 spiro atoms. The molecule has 16 aromatic carbocycles. The Morgan fingerprint density at radius 1 is 0.245 bits per heavy atom. The van der Waals surface area contributed by atoms with Crippen molar-refractivity contribution in [1.29, 1.82) is 0 Å². The summed E-state index contributed by atoms with van der Waals surface area (Å²) < 4.78 is 3.52. The molecule has 0 aliphatic heterocycles. The maximum Gasteiger partial charge on any atom is 0.488 e. The highest BCUT2D eigenvalue weighted by Crippen LogP contribution is 2.49. The summed E-state index contributed by atoms with van der Waals surface area (Å²) in [5, 5.41) is 43.9.